The molecule has 2 aromatic rings. The van der Waals surface area contributed by atoms with Crippen molar-refractivity contribution in [3.05, 3.63) is 58.1 Å². The number of rotatable bonds is 3. The van der Waals surface area contributed by atoms with Crippen molar-refractivity contribution in [2.45, 2.75) is 5.33 Å². The van der Waals surface area contributed by atoms with Crippen molar-refractivity contribution in [3.63, 3.8) is 0 Å². The molecule has 0 saturated heterocycles. The molecule has 2 aromatic carbocycles. The average Bonchev–Trinajstić information content (AvgIpc) is 2.46. The summed E-state index contributed by atoms with van der Waals surface area (Å²) in [5, 5.41) is 9.99. The van der Waals surface area contributed by atoms with Crippen molar-refractivity contribution < 1.29 is 0 Å². The Morgan fingerprint density at radius 1 is 1.16 bits per heavy atom. The Bertz CT molecular complexity index is 632. The van der Waals surface area contributed by atoms with Crippen LogP contribution in [0.3, 0.4) is 0 Å². The van der Waals surface area contributed by atoms with Gasteiger partial charge < -0.3 is 4.90 Å². The van der Waals surface area contributed by atoms with Crippen molar-refractivity contribution in [1.82, 2.24) is 0 Å². The number of para-hydroxylation sites is 1. The van der Waals surface area contributed by atoms with Crippen LogP contribution in [0.1, 0.15) is 11.1 Å². The number of nitriles is 1. The van der Waals surface area contributed by atoms with Crippen LogP contribution in [-0.4, -0.2) is 7.05 Å². The highest BCUT2D eigenvalue weighted by Gasteiger charge is 2.11. The molecule has 0 N–H and O–H groups in total. The monoisotopic (exact) mass is 378 g/mol. The van der Waals surface area contributed by atoms with Crippen LogP contribution in [0.4, 0.5) is 11.4 Å². The fourth-order valence-electron chi connectivity index (χ4n) is 1.90. The summed E-state index contributed by atoms with van der Waals surface area (Å²) in [5.74, 6) is 0. The van der Waals surface area contributed by atoms with Crippen LogP contribution >= 0.6 is 31.9 Å². The Labute approximate surface area is 129 Å². The molecule has 0 saturated carbocycles. The lowest BCUT2D eigenvalue weighted by atomic mass is 10.1. The Morgan fingerprint density at radius 2 is 1.89 bits per heavy atom. The number of hydrogen-bond donors (Lipinski definition) is 0. The van der Waals surface area contributed by atoms with Crippen LogP contribution in [0.5, 0.6) is 0 Å². The standard InChI is InChI=1S/C15H12Br2N2/c1-19(14-5-3-2-4-12(14)10-18)15-7-6-11(9-16)8-13(15)17/h2-8H,9H2,1H3. The summed E-state index contributed by atoms with van der Waals surface area (Å²) in [4.78, 5) is 2.01. The van der Waals surface area contributed by atoms with E-state index in [1.54, 1.807) is 0 Å². The molecular formula is C15H12Br2N2. The molecule has 0 aliphatic heterocycles. The minimum Gasteiger partial charge on any atom is -0.343 e. The summed E-state index contributed by atoms with van der Waals surface area (Å²) in [6.45, 7) is 0. The summed E-state index contributed by atoms with van der Waals surface area (Å²) in [5.41, 5.74) is 3.81. The third kappa shape index (κ3) is 2.99. The Kier molecular flexibility index (Phi) is 4.62. The third-order valence-electron chi connectivity index (χ3n) is 2.91. The fourth-order valence-corrected chi connectivity index (χ4v) is 2.94. The maximum absolute atomic E-state index is 9.17. The molecule has 0 aliphatic rings. The quantitative estimate of drug-likeness (QED) is 0.703. The molecule has 2 nitrogen and oxygen atoms in total. The second kappa shape index (κ2) is 6.23. The molecule has 0 aliphatic carbocycles. The lowest BCUT2D eigenvalue weighted by Gasteiger charge is -2.22. The molecule has 19 heavy (non-hydrogen) atoms. The Morgan fingerprint density at radius 3 is 2.53 bits per heavy atom. The van der Waals surface area contributed by atoms with E-state index in [-0.39, 0.29) is 0 Å². The van der Waals surface area contributed by atoms with Gasteiger partial charge in [0.15, 0.2) is 0 Å². The van der Waals surface area contributed by atoms with Crippen LogP contribution in [0.2, 0.25) is 0 Å². The van der Waals surface area contributed by atoms with Crippen LogP contribution in [0.15, 0.2) is 46.9 Å². The molecule has 96 valence electrons. The molecule has 0 bridgehead atoms. The van der Waals surface area contributed by atoms with Crippen LogP contribution in [0.25, 0.3) is 0 Å². The van der Waals surface area contributed by atoms with Gasteiger partial charge in [-0.05, 0) is 45.8 Å². The molecule has 0 radical (unpaired) electrons. The highest BCUT2D eigenvalue weighted by Crippen LogP contribution is 2.33. The minimum atomic E-state index is 0.668. The number of alkyl halides is 1. The Balaban J connectivity index is 2.45. The lowest BCUT2D eigenvalue weighted by Crippen LogP contribution is -2.11. The minimum absolute atomic E-state index is 0.668. The van der Waals surface area contributed by atoms with Gasteiger partial charge >= 0.3 is 0 Å². The van der Waals surface area contributed by atoms with Crippen molar-refractivity contribution in [3.8, 4) is 6.07 Å². The normalized spacial score (nSPS) is 10.0. The number of anilines is 2. The molecule has 0 amide bonds. The van der Waals surface area contributed by atoms with E-state index in [9.17, 15) is 5.26 Å². The Hall–Kier alpha value is -1.31. The van der Waals surface area contributed by atoms with E-state index in [2.05, 4.69) is 56.1 Å². The van der Waals surface area contributed by atoms with Gasteiger partial charge in [0, 0.05) is 16.9 Å². The first-order valence-electron chi connectivity index (χ1n) is 5.74. The zero-order valence-corrected chi connectivity index (χ0v) is 13.6. The van der Waals surface area contributed by atoms with E-state index in [1.165, 1.54) is 5.56 Å². The van der Waals surface area contributed by atoms with Crippen molar-refractivity contribution in [2.24, 2.45) is 0 Å². The predicted molar refractivity (Wildman–Crippen MR) is 86.0 cm³/mol. The first-order valence-corrected chi connectivity index (χ1v) is 7.66. The molecule has 2 rings (SSSR count). The number of nitrogens with zero attached hydrogens (tertiary/aromatic N) is 2. The number of halogens is 2. The van der Waals surface area contributed by atoms with Crippen LogP contribution in [0, 0.1) is 11.3 Å². The maximum Gasteiger partial charge on any atom is 0.101 e. The largest absolute Gasteiger partial charge is 0.343 e. The van der Waals surface area contributed by atoms with E-state index >= 15 is 0 Å². The zero-order chi connectivity index (χ0) is 13.8. The summed E-state index contributed by atoms with van der Waals surface area (Å²) in [6.07, 6.45) is 0. The smallest absolute Gasteiger partial charge is 0.101 e. The first kappa shape index (κ1) is 14.1. The van der Waals surface area contributed by atoms with E-state index < -0.39 is 0 Å². The molecule has 0 fully saturated rings. The number of hydrogen-bond acceptors (Lipinski definition) is 2. The van der Waals surface area contributed by atoms with Crippen molar-refractivity contribution in [1.29, 1.82) is 5.26 Å². The van der Waals surface area contributed by atoms with E-state index in [4.69, 9.17) is 0 Å². The second-order valence-electron chi connectivity index (χ2n) is 4.11. The van der Waals surface area contributed by atoms with Gasteiger partial charge in [0.05, 0.1) is 16.9 Å². The van der Waals surface area contributed by atoms with Gasteiger partial charge in [0.25, 0.3) is 0 Å². The predicted octanol–water partition coefficient (Wildman–Crippen LogP) is 4.98. The summed E-state index contributed by atoms with van der Waals surface area (Å²) >= 11 is 7.03. The van der Waals surface area contributed by atoms with Crippen molar-refractivity contribution in [2.75, 3.05) is 11.9 Å². The van der Waals surface area contributed by atoms with Crippen LogP contribution < -0.4 is 4.90 Å². The molecular weight excluding hydrogens is 368 g/mol. The molecule has 4 heteroatoms. The first-order chi connectivity index (χ1) is 9.17. The zero-order valence-electron chi connectivity index (χ0n) is 10.4. The van der Waals surface area contributed by atoms with Crippen LogP contribution in [-0.2, 0) is 5.33 Å². The van der Waals surface area contributed by atoms with Gasteiger partial charge in [-0.15, -0.1) is 0 Å². The number of benzene rings is 2. The fraction of sp³-hybridized carbons (Fsp3) is 0.133. The highest BCUT2D eigenvalue weighted by molar-refractivity contribution is 9.10. The third-order valence-corrected chi connectivity index (χ3v) is 4.20. The summed E-state index contributed by atoms with van der Waals surface area (Å²) < 4.78 is 1.01. The molecule has 0 atom stereocenters. The highest BCUT2D eigenvalue weighted by atomic mass is 79.9. The lowest BCUT2D eigenvalue weighted by molar-refractivity contribution is 1.18. The second-order valence-corrected chi connectivity index (χ2v) is 5.52. The van der Waals surface area contributed by atoms with Gasteiger partial charge in [-0.25, -0.2) is 0 Å². The van der Waals surface area contributed by atoms with Gasteiger partial charge in [0.2, 0.25) is 0 Å². The van der Waals surface area contributed by atoms with E-state index in [1.807, 2.05) is 36.2 Å². The SMILES string of the molecule is CN(c1ccc(CBr)cc1Br)c1ccccc1C#N. The molecule has 0 heterocycles. The van der Waals surface area contributed by atoms with Crippen molar-refractivity contribution >= 4 is 43.2 Å². The van der Waals surface area contributed by atoms with Gasteiger partial charge in [0.1, 0.15) is 6.07 Å². The average molecular weight is 380 g/mol. The van der Waals surface area contributed by atoms with Gasteiger partial charge in [-0.3, -0.25) is 0 Å². The summed E-state index contributed by atoms with van der Waals surface area (Å²) in [6, 6.07) is 16.0. The van der Waals surface area contributed by atoms with Gasteiger partial charge in [-0.1, -0.05) is 34.1 Å². The molecule has 0 spiro atoms. The molecule has 0 unspecified atom stereocenters. The maximum atomic E-state index is 9.17. The van der Waals surface area contributed by atoms with Gasteiger partial charge in [-0.2, -0.15) is 5.26 Å². The van der Waals surface area contributed by atoms with E-state index in [0.29, 0.717) is 5.56 Å². The molecule has 0 aromatic heterocycles. The summed E-state index contributed by atoms with van der Waals surface area (Å²) in [7, 11) is 1.96. The van der Waals surface area contributed by atoms with E-state index in [0.717, 1.165) is 21.2 Å². The topological polar surface area (TPSA) is 27.0 Å².